The highest BCUT2D eigenvalue weighted by atomic mass is 32.1. The summed E-state index contributed by atoms with van der Waals surface area (Å²) in [5, 5.41) is 12.3. The summed E-state index contributed by atoms with van der Waals surface area (Å²) in [4.78, 5) is 11.6. The van der Waals surface area contributed by atoms with E-state index in [0.717, 1.165) is 22.6 Å². The first-order valence-electron chi connectivity index (χ1n) is 6.19. The molecule has 19 heavy (non-hydrogen) atoms. The highest BCUT2D eigenvalue weighted by Gasteiger charge is 2.27. The predicted molar refractivity (Wildman–Crippen MR) is 75.5 cm³/mol. The standard InChI is InChI=1S/C12H16N4O2S/c1-7-4-16(5-8(6-17)18-7)10-9-2-3-19-11(9)15-12(13)14-10/h2-3,7-8,17H,4-6H2,1H3,(H2,13,14,15). The smallest absolute Gasteiger partial charge is 0.223 e. The van der Waals surface area contributed by atoms with Crippen molar-refractivity contribution in [1.29, 1.82) is 0 Å². The van der Waals surface area contributed by atoms with Crippen LogP contribution in [0.15, 0.2) is 11.4 Å². The molecule has 2 aromatic rings. The fourth-order valence-electron chi connectivity index (χ4n) is 2.42. The molecule has 2 aromatic heterocycles. The number of nitrogens with zero attached hydrogens (tertiary/aromatic N) is 3. The molecule has 102 valence electrons. The number of hydrogen-bond acceptors (Lipinski definition) is 7. The maximum atomic E-state index is 9.29. The molecule has 1 fully saturated rings. The van der Waals surface area contributed by atoms with Gasteiger partial charge >= 0.3 is 0 Å². The lowest BCUT2D eigenvalue weighted by Gasteiger charge is -2.37. The van der Waals surface area contributed by atoms with Gasteiger partial charge in [-0.3, -0.25) is 0 Å². The second kappa shape index (κ2) is 4.92. The first-order valence-corrected chi connectivity index (χ1v) is 7.07. The molecule has 0 amide bonds. The minimum absolute atomic E-state index is 0.00812. The highest BCUT2D eigenvalue weighted by Crippen LogP contribution is 2.30. The van der Waals surface area contributed by atoms with Crippen LogP contribution in [0.2, 0.25) is 0 Å². The van der Waals surface area contributed by atoms with Gasteiger partial charge in [-0.05, 0) is 18.4 Å². The van der Waals surface area contributed by atoms with Crippen molar-refractivity contribution in [3.63, 3.8) is 0 Å². The third kappa shape index (κ3) is 2.36. The monoisotopic (exact) mass is 280 g/mol. The van der Waals surface area contributed by atoms with E-state index in [9.17, 15) is 5.11 Å². The van der Waals surface area contributed by atoms with Crippen molar-refractivity contribution in [2.24, 2.45) is 0 Å². The van der Waals surface area contributed by atoms with E-state index < -0.39 is 0 Å². The van der Waals surface area contributed by atoms with E-state index >= 15 is 0 Å². The quantitative estimate of drug-likeness (QED) is 0.848. The molecule has 1 saturated heterocycles. The first kappa shape index (κ1) is 12.6. The van der Waals surface area contributed by atoms with E-state index in [-0.39, 0.29) is 24.8 Å². The molecule has 3 N–H and O–H groups in total. The van der Waals surface area contributed by atoms with Crippen LogP contribution in [0.3, 0.4) is 0 Å². The van der Waals surface area contributed by atoms with Crippen molar-refractivity contribution in [3.8, 4) is 0 Å². The largest absolute Gasteiger partial charge is 0.394 e. The Morgan fingerprint density at radius 3 is 3.16 bits per heavy atom. The summed E-state index contributed by atoms with van der Waals surface area (Å²) in [7, 11) is 0. The molecule has 0 aromatic carbocycles. The summed E-state index contributed by atoms with van der Waals surface area (Å²) >= 11 is 1.55. The van der Waals surface area contributed by atoms with Crippen LogP contribution in [-0.4, -0.2) is 47.0 Å². The topological polar surface area (TPSA) is 84.5 Å². The van der Waals surface area contributed by atoms with Crippen molar-refractivity contribution < 1.29 is 9.84 Å². The van der Waals surface area contributed by atoms with E-state index in [1.54, 1.807) is 11.3 Å². The predicted octanol–water partition coefficient (Wildman–Crippen LogP) is 0.859. The summed E-state index contributed by atoms with van der Waals surface area (Å²) in [6.07, 6.45) is -0.135. The molecule has 3 heterocycles. The molecular formula is C12H16N4O2S. The molecular weight excluding hydrogens is 264 g/mol. The number of nitrogen functional groups attached to an aromatic ring is 1. The van der Waals surface area contributed by atoms with Crippen LogP contribution in [0.1, 0.15) is 6.92 Å². The lowest BCUT2D eigenvalue weighted by Crippen LogP contribution is -2.48. The van der Waals surface area contributed by atoms with Crippen molar-refractivity contribution in [2.45, 2.75) is 19.1 Å². The van der Waals surface area contributed by atoms with Gasteiger partial charge in [0.1, 0.15) is 10.6 Å². The molecule has 0 radical (unpaired) electrons. The van der Waals surface area contributed by atoms with Gasteiger partial charge in [-0.15, -0.1) is 11.3 Å². The minimum Gasteiger partial charge on any atom is -0.394 e. The van der Waals surface area contributed by atoms with Gasteiger partial charge in [-0.25, -0.2) is 4.98 Å². The normalized spacial score (nSPS) is 24.0. The van der Waals surface area contributed by atoms with Crippen LogP contribution < -0.4 is 10.6 Å². The number of thiophene rings is 1. The summed E-state index contributed by atoms with van der Waals surface area (Å²) < 4.78 is 5.65. The Labute approximate surface area is 114 Å². The van der Waals surface area contributed by atoms with Gasteiger partial charge in [0.2, 0.25) is 5.95 Å². The number of aliphatic hydroxyl groups excluding tert-OH is 1. The lowest BCUT2D eigenvalue weighted by molar-refractivity contribution is -0.0422. The van der Waals surface area contributed by atoms with Crippen LogP contribution in [0.25, 0.3) is 10.2 Å². The molecule has 0 saturated carbocycles. The molecule has 7 heteroatoms. The van der Waals surface area contributed by atoms with Crippen LogP contribution in [-0.2, 0) is 4.74 Å². The van der Waals surface area contributed by atoms with Crippen LogP contribution in [0.5, 0.6) is 0 Å². The van der Waals surface area contributed by atoms with Crippen molar-refractivity contribution in [3.05, 3.63) is 11.4 Å². The maximum absolute atomic E-state index is 9.29. The Bertz CT molecular complexity index is 588. The summed E-state index contributed by atoms with van der Waals surface area (Å²) in [5.74, 6) is 1.11. The summed E-state index contributed by atoms with van der Waals surface area (Å²) in [6, 6.07) is 2.00. The first-order chi connectivity index (χ1) is 9.17. The molecule has 0 spiro atoms. The SMILES string of the molecule is CC1CN(c2nc(N)nc3sccc23)CC(CO)O1. The Morgan fingerprint density at radius 2 is 2.37 bits per heavy atom. The maximum Gasteiger partial charge on any atom is 0.223 e. The van der Waals surface area contributed by atoms with E-state index in [0.29, 0.717) is 6.54 Å². The summed E-state index contributed by atoms with van der Waals surface area (Å²) in [6.45, 7) is 3.35. The van der Waals surface area contributed by atoms with Gasteiger partial charge in [0.05, 0.1) is 24.2 Å². The average molecular weight is 280 g/mol. The molecule has 6 nitrogen and oxygen atoms in total. The number of nitrogens with two attached hydrogens (primary N) is 1. The Morgan fingerprint density at radius 1 is 1.53 bits per heavy atom. The Kier molecular flexibility index (Phi) is 3.26. The zero-order valence-corrected chi connectivity index (χ0v) is 11.4. The van der Waals surface area contributed by atoms with E-state index in [1.807, 2.05) is 18.4 Å². The molecule has 0 bridgehead atoms. The second-order valence-corrected chi connectivity index (χ2v) is 5.60. The molecule has 2 atom stereocenters. The minimum atomic E-state index is -0.186. The number of rotatable bonds is 2. The zero-order chi connectivity index (χ0) is 13.4. The third-order valence-electron chi connectivity index (χ3n) is 3.15. The number of hydrogen-bond donors (Lipinski definition) is 2. The van der Waals surface area contributed by atoms with Gasteiger partial charge in [-0.2, -0.15) is 4.98 Å². The fraction of sp³-hybridized carbons (Fsp3) is 0.500. The molecule has 1 aliphatic rings. The van der Waals surface area contributed by atoms with Gasteiger partial charge in [0.25, 0.3) is 0 Å². The fourth-order valence-corrected chi connectivity index (χ4v) is 3.18. The Hall–Kier alpha value is -1.44. The van der Waals surface area contributed by atoms with Gasteiger partial charge in [0.15, 0.2) is 0 Å². The number of ether oxygens (including phenoxy) is 1. The van der Waals surface area contributed by atoms with E-state index in [4.69, 9.17) is 10.5 Å². The average Bonchev–Trinajstić information content (AvgIpc) is 2.84. The molecule has 0 aliphatic carbocycles. The van der Waals surface area contributed by atoms with Gasteiger partial charge < -0.3 is 20.5 Å². The molecule has 2 unspecified atom stereocenters. The number of morpholine rings is 1. The number of fused-ring (bicyclic) bond motifs is 1. The summed E-state index contributed by atoms with van der Waals surface area (Å²) in [5.41, 5.74) is 5.77. The molecule has 3 rings (SSSR count). The zero-order valence-electron chi connectivity index (χ0n) is 10.6. The van der Waals surface area contributed by atoms with Crippen molar-refractivity contribution in [1.82, 2.24) is 9.97 Å². The Balaban J connectivity index is 2.00. The van der Waals surface area contributed by atoms with Crippen LogP contribution in [0.4, 0.5) is 11.8 Å². The van der Waals surface area contributed by atoms with Crippen molar-refractivity contribution >= 4 is 33.3 Å². The lowest BCUT2D eigenvalue weighted by atomic mass is 10.2. The highest BCUT2D eigenvalue weighted by molar-refractivity contribution is 7.16. The number of aliphatic hydroxyl groups is 1. The van der Waals surface area contributed by atoms with Crippen LogP contribution >= 0.6 is 11.3 Å². The molecule has 1 aliphatic heterocycles. The number of anilines is 2. The van der Waals surface area contributed by atoms with Crippen molar-refractivity contribution in [2.75, 3.05) is 30.3 Å². The van der Waals surface area contributed by atoms with Crippen LogP contribution in [0, 0.1) is 0 Å². The second-order valence-electron chi connectivity index (χ2n) is 4.70. The van der Waals surface area contributed by atoms with E-state index in [2.05, 4.69) is 14.9 Å². The van der Waals surface area contributed by atoms with E-state index in [1.165, 1.54) is 0 Å². The third-order valence-corrected chi connectivity index (χ3v) is 3.96. The number of aromatic nitrogens is 2. The van der Waals surface area contributed by atoms with Gasteiger partial charge in [0, 0.05) is 13.1 Å². The van der Waals surface area contributed by atoms with Gasteiger partial charge in [-0.1, -0.05) is 0 Å².